The number of hydrogen-bond donors (Lipinski definition) is 0. The van der Waals surface area contributed by atoms with Crippen LogP contribution in [0.15, 0.2) is 11.2 Å². The van der Waals surface area contributed by atoms with Crippen LogP contribution in [0.1, 0.15) is 50.9 Å². The molecule has 1 aromatic rings. The molecular weight excluding hydrogens is 318 g/mol. The number of ether oxygens (including phenoxy) is 2. The van der Waals surface area contributed by atoms with E-state index in [0.29, 0.717) is 25.3 Å². The van der Waals surface area contributed by atoms with Gasteiger partial charge in [-0.25, -0.2) is 8.42 Å². The number of aromatic nitrogens is 2. The molecule has 0 amide bonds. The maximum Gasteiger partial charge on any atom is 0.260 e. The molecule has 1 saturated carbocycles. The number of aryl methyl sites for hydroxylation is 1. The molecule has 1 aliphatic carbocycles. The van der Waals surface area contributed by atoms with Gasteiger partial charge in [0, 0.05) is 19.6 Å². The Kier molecular flexibility index (Phi) is 5.05. The van der Waals surface area contributed by atoms with Gasteiger partial charge < -0.3 is 9.47 Å². The van der Waals surface area contributed by atoms with Crippen molar-refractivity contribution in [2.75, 3.05) is 19.8 Å². The molecule has 0 radical (unpaired) electrons. The fourth-order valence-corrected chi connectivity index (χ4v) is 5.56. The highest BCUT2D eigenvalue weighted by Gasteiger charge is 2.37. The van der Waals surface area contributed by atoms with Gasteiger partial charge in [0.25, 0.3) is 10.0 Å². The molecule has 2 aliphatic rings. The Morgan fingerprint density at radius 2 is 1.91 bits per heavy atom. The molecular formula is C15H25N3O4S. The summed E-state index contributed by atoms with van der Waals surface area (Å²) in [6.45, 7) is 3.30. The van der Waals surface area contributed by atoms with E-state index in [9.17, 15) is 8.42 Å². The summed E-state index contributed by atoms with van der Waals surface area (Å²) in [5, 5.41) is 4.33. The minimum atomic E-state index is -3.63. The predicted molar refractivity (Wildman–Crippen MR) is 84.3 cm³/mol. The van der Waals surface area contributed by atoms with E-state index in [2.05, 4.69) is 5.10 Å². The van der Waals surface area contributed by atoms with Crippen LogP contribution in [-0.4, -0.2) is 48.3 Å². The van der Waals surface area contributed by atoms with Crippen LogP contribution in [0.2, 0.25) is 0 Å². The summed E-state index contributed by atoms with van der Waals surface area (Å²) in [6, 6.07) is 0.0758. The van der Waals surface area contributed by atoms with Crippen molar-refractivity contribution in [3.05, 3.63) is 11.8 Å². The Morgan fingerprint density at radius 1 is 1.26 bits per heavy atom. The van der Waals surface area contributed by atoms with Gasteiger partial charge in [-0.3, -0.25) is 4.68 Å². The van der Waals surface area contributed by atoms with E-state index in [-0.39, 0.29) is 11.1 Å². The summed E-state index contributed by atoms with van der Waals surface area (Å²) in [7, 11) is -1.98. The second-order valence-electron chi connectivity index (χ2n) is 6.10. The summed E-state index contributed by atoms with van der Waals surface area (Å²) in [4.78, 5) is 0. The van der Waals surface area contributed by atoms with E-state index in [1.54, 1.807) is 11.4 Å². The van der Waals surface area contributed by atoms with Crippen molar-refractivity contribution in [1.29, 1.82) is 0 Å². The van der Waals surface area contributed by atoms with Gasteiger partial charge in [0.2, 0.25) is 0 Å². The standard InChI is InChI=1S/C15H25N3O4S/c1-3-18(12-7-5-4-6-8-12)23(19,20)14-13(11-16-17(14)2)15-21-9-10-22-15/h11-12,15H,3-10H2,1-2H3. The van der Waals surface area contributed by atoms with Crippen LogP contribution in [0.4, 0.5) is 0 Å². The fourth-order valence-electron chi connectivity index (χ4n) is 3.56. The zero-order valence-corrected chi connectivity index (χ0v) is 14.6. The summed E-state index contributed by atoms with van der Waals surface area (Å²) >= 11 is 0. The topological polar surface area (TPSA) is 73.7 Å². The molecule has 1 saturated heterocycles. The van der Waals surface area contributed by atoms with Gasteiger partial charge in [-0.15, -0.1) is 0 Å². The van der Waals surface area contributed by atoms with Crippen LogP contribution in [0, 0.1) is 0 Å². The molecule has 8 heteroatoms. The van der Waals surface area contributed by atoms with Crippen molar-refractivity contribution in [1.82, 2.24) is 14.1 Å². The Hall–Kier alpha value is -0.960. The zero-order chi connectivity index (χ0) is 16.4. The van der Waals surface area contributed by atoms with E-state index in [4.69, 9.17) is 9.47 Å². The second-order valence-corrected chi connectivity index (χ2v) is 7.91. The molecule has 0 N–H and O–H groups in total. The first kappa shape index (κ1) is 16.9. The Morgan fingerprint density at radius 3 is 2.52 bits per heavy atom. The van der Waals surface area contributed by atoms with Gasteiger partial charge in [0.15, 0.2) is 11.3 Å². The van der Waals surface area contributed by atoms with E-state index in [1.807, 2.05) is 6.92 Å². The molecule has 23 heavy (non-hydrogen) atoms. The Bertz CT molecular complexity index is 631. The van der Waals surface area contributed by atoms with E-state index < -0.39 is 16.3 Å². The normalized spacial score (nSPS) is 21.3. The van der Waals surface area contributed by atoms with Gasteiger partial charge in [0.05, 0.1) is 25.0 Å². The molecule has 130 valence electrons. The molecule has 0 atom stereocenters. The van der Waals surface area contributed by atoms with Crippen molar-refractivity contribution < 1.29 is 17.9 Å². The molecule has 2 heterocycles. The SMILES string of the molecule is CCN(C1CCCCC1)S(=O)(=O)c1c(C2OCCO2)cnn1C. The number of sulfonamides is 1. The maximum atomic E-state index is 13.3. The molecule has 0 bridgehead atoms. The smallest absolute Gasteiger partial charge is 0.260 e. The largest absolute Gasteiger partial charge is 0.346 e. The molecule has 0 spiro atoms. The molecule has 7 nitrogen and oxygen atoms in total. The lowest BCUT2D eigenvalue weighted by atomic mass is 9.95. The van der Waals surface area contributed by atoms with Gasteiger partial charge in [-0.1, -0.05) is 26.2 Å². The first-order chi connectivity index (χ1) is 11.1. The van der Waals surface area contributed by atoms with Crippen LogP contribution < -0.4 is 0 Å². The third-order valence-electron chi connectivity index (χ3n) is 4.63. The maximum absolute atomic E-state index is 13.3. The highest BCUT2D eigenvalue weighted by molar-refractivity contribution is 7.89. The summed E-state index contributed by atoms with van der Waals surface area (Å²) in [5.41, 5.74) is 0.499. The first-order valence-electron chi connectivity index (χ1n) is 8.32. The summed E-state index contributed by atoms with van der Waals surface area (Å²) in [5.74, 6) is 0. The van der Waals surface area contributed by atoms with E-state index in [0.717, 1.165) is 25.7 Å². The van der Waals surface area contributed by atoms with Crippen molar-refractivity contribution in [3.8, 4) is 0 Å². The van der Waals surface area contributed by atoms with Crippen molar-refractivity contribution >= 4 is 10.0 Å². The highest BCUT2D eigenvalue weighted by atomic mass is 32.2. The molecule has 1 aromatic heterocycles. The van der Waals surface area contributed by atoms with Crippen LogP contribution in [0.5, 0.6) is 0 Å². The predicted octanol–water partition coefficient (Wildman–Crippen LogP) is 1.81. The number of rotatable bonds is 5. The summed E-state index contributed by atoms with van der Waals surface area (Å²) < 4.78 is 40.6. The fraction of sp³-hybridized carbons (Fsp3) is 0.800. The first-order valence-corrected chi connectivity index (χ1v) is 9.76. The van der Waals surface area contributed by atoms with Gasteiger partial charge >= 0.3 is 0 Å². The molecule has 3 rings (SSSR count). The van der Waals surface area contributed by atoms with Gasteiger partial charge in [-0.2, -0.15) is 9.40 Å². The molecule has 1 aliphatic heterocycles. The average molecular weight is 343 g/mol. The van der Waals surface area contributed by atoms with E-state index >= 15 is 0 Å². The Labute approximate surface area is 137 Å². The zero-order valence-electron chi connectivity index (χ0n) is 13.8. The third kappa shape index (κ3) is 3.17. The van der Waals surface area contributed by atoms with Crippen molar-refractivity contribution in [2.45, 2.75) is 56.4 Å². The number of hydrogen-bond acceptors (Lipinski definition) is 5. The molecule has 2 fully saturated rings. The molecule has 0 unspecified atom stereocenters. The average Bonchev–Trinajstić information content (AvgIpc) is 3.18. The quantitative estimate of drug-likeness (QED) is 0.815. The molecule has 0 aromatic carbocycles. The second kappa shape index (κ2) is 6.88. The van der Waals surface area contributed by atoms with Crippen LogP contribution in [0.3, 0.4) is 0 Å². The minimum absolute atomic E-state index is 0.0758. The van der Waals surface area contributed by atoms with Crippen molar-refractivity contribution in [2.24, 2.45) is 7.05 Å². The van der Waals surface area contributed by atoms with Gasteiger partial charge in [0.1, 0.15) is 0 Å². The van der Waals surface area contributed by atoms with Crippen LogP contribution in [-0.2, 0) is 26.5 Å². The minimum Gasteiger partial charge on any atom is -0.346 e. The van der Waals surface area contributed by atoms with Crippen LogP contribution in [0.25, 0.3) is 0 Å². The van der Waals surface area contributed by atoms with E-state index in [1.165, 1.54) is 17.3 Å². The lowest BCUT2D eigenvalue weighted by Gasteiger charge is -2.32. The van der Waals surface area contributed by atoms with Gasteiger partial charge in [-0.05, 0) is 12.8 Å². The Balaban J connectivity index is 1.96. The number of nitrogens with zero attached hydrogens (tertiary/aromatic N) is 3. The summed E-state index contributed by atoms with van der Waals surface area (Å²) in [6.07, 6.45) is 6.12. The lowest BCUT2D eigenvalue weighted by molar-refractivity contribution is -0.0464. The highest BCUT2D eigenvalue weighted by Crippen LogP contribution is 2.33. The lowest BCUT2D eigenvalue weighted by Crippen LogP contribution is -2.42. The third-order valence-corrected chi connectivity index (χ3v) is 6.80. The monoisotopic (exact) mass is 343 g/mol. The van der Waals surface area contributed by atoms with Crippen LogP contribution >= 0.6 is 0 Å². The van der Waals surface area contributed by atoms with Crippen molar-refractivity contribution in [3.63, 3.8) is 0 Å².